The first-order valence-corrected chi connectivity index (χ1v) is 5.49. The molecule has 0 bridgehead atoms. The van der Waals surface area contributed by atoms with E-state index in [9.17, 15) is 9.50 Å². The quantitative estimate of drug-likeness (QED) is 0.901. The monoisotopic (exact) mass is 311 g/mol. The van der Waals surface area contributed by atoms with Crippen LogP contribution < -0.4 is 5.73 Å². The van der Waals surface area contributed by atoms with E-state index in [4.69, 9.17) is 5.73 Å². The van der Waals surface area contributed by atoms with Gasteiger partial charge in [-0.1, -0.05) is 19.9 Å². The number of hydrogen-bond acceptors (Lipinski definition) is 2. The van der Waals surface area contributed by atoms with Crippen LogP contribution in [0.1, 0.15) is 25.5 Å². The van der Waals surface area contributed by atoms with Crippen LogP contribution in [0.25, 0.3) is 0 Å². The van der Waals surface area contributed by atoms with E-state index in [1.54, 1.807) is 12.1 Å². The van der Waals surface area contributed by atoms with E-state index in [0.29, 0.717) is 4.47 Å². The molecule has 0 amide bonds. The smallest absolute Gasteiger partial charge is 0.137 e. The molecule has 0 fully saturated rings. The van der Waals surface area contributed by atoms with Crippen molar-refractivity contribution in [3.8, 4) is 0 Å². The summed E-state index contributed by atoms with van der Waals surface area (Å²) >= 11 is 3.11. The molecule has 0 aromatic heterocycles. The highest BCUT2D eigenvalue weighted by Gasteiger charge is 2.27. The standard InChI is InChI=1S/C11H15BrFNO.ClH/c1-11(2,6-15)10(14)7-3-4-9(13)8(12)5-7;/h3-5,10,15H,6,14H2,1-2H3;1H/t10-;/m1./s1. The van der Waals surface area contributed by atoms with Gasteiger partial charge in [0.15, 0.2) is 0 Å². The second kappa shape index (κ2) is 5.96. The molecule has 1 atom stereocenters. The van der Waals surface area contributed by atoms with Crippen LogP contribution in [-0.4, -0.2) is 11.7 Å². The van der Waals surface area contributed by atoms with Crippen molar-refractivity contribution >= 4 is 28.3 Å². The summed E-state index contributed by atoms with van der Waals surface area (Å²) in [6.45, 7) is 3.73. The largest absolute Gasteiger partial charge is 0.396 e. The van der Waals surface area contributed by atoms with E-state index in [2.05, 4.69) is 15.9 Å². The lowest BCUT2D eigenvalue weighted by molar-refractivity contribution is 0.132. The molecule has 0 saturated carbocycles. The Balaban J connectivity index is 0.00000225. The summed E-state index contributed by atoms with van der Waals surface area (Å²) in [4.78, 5) is 0. The van der Waals surface area contributed by atoms with E-state index < -0.39 is 5.41 Å². The summed E-state index contributed by atoms with van der Waals surface area (Å²) in [7, 11) is 0. The van der Waals surface area contributed by atoms with E-state index >= 15 is 0 Å². The zero-order valence-corrected chi connectivity index (χ0v) is 11.6. The van der Waals surface area contributed by atoms with Crippen molar-refractivity contribution in [3.05, 3.63) is 34.1 Å². The van der Waals surface area contributed by atoms with Crippen molar-refractivity contribution in [1.82, 2.24) is 0 Å². The zero-order chi connectivity index (χ0) is 11.6. The van der Waals surface area contributed by atoms with Gasteiger partial charge in [0.2, 0.25) is 0 Å². The molecule has 0 heterocycles. The van der Waals surface area contributed by atoms with Gasteiger partial charge in [0.05, 0.1) is 4.47 Å². The van der Waals surface area contributed by atoms with E-state index in [1.165, 1.54) is 6.07 Å². The highest BCUT2D eigenvalue weighted by molar-refractivity contribution is 9.10. The van der Waals surface area contributed by atoms with Crippen LogP contribution in [0.2, 0.25) is 0 Å². The van der Waals surface area contributed by atoms with Gasteiger partial charge in [0, 0.05) is 18.1 Å². The fourth-order valence-electron chi connectivity index (χ4n) is 1.26. The van der Waals surface area contributed by atoms with Crippen molar-refractivity contribution in [3.63, 3.8) is 0 Å². The highest BCUT2D eigenvalue weighted by Crippen LogP contribution is 2.32. The molecule has 1 aromatic rings. The first-order chi connectivity index (χ1) is 6.88. The molecule has 5 heteroatoms. The summed E-state index contributed by atoms with van der Waals surface area (Å²) in [5.74, 6) is -0.312. The highest BCUT2D eigenvalue weighted by atomic mass is 79.9. The fraction of sp³-hybridized carbons (Fsp3) is 0.455. The van der Waals surface area contributed by atoms with Crippen LogP contribution in [0.4, 0.5) is 4.39 Å². The van der Waals surface area contributed by atoms with Gasteiger partial charge in [0.1, 0.15) is 5.82 Å². The molecule has 0 unspecified atom stereocenters. The van der Waals surface area contributed by atoms with Crippen LogP contribution in [0.5, 0.6) is 0 Å². The zero-order valence-electron chi connectivity index (χ0n) is 9.21. The molecular weight excluding hydrogens is 296 g/mol. The maximum Gasteiger partial charge on any atom is 0.137 e. The van der Waals surface area contributed by atoms with Gasteiger partial charge in [-0.05, 0) is 33.6 Å². The van der Waals surface area contributed by atoms with E-state index in [0.717, 1.165) is 5.56 Å². The minimum absolute atomic E-state index is 0. The van der Waals surface area contributed by atoms with Crippen LogP contribution in [0.15, 0.2) is 22.7 Å². The summed E-state index contributed by atoms with van der Waals surface area (Å²) in [5, 5.41) is 9.18. The normalized spacial score (nSPS) is 13.1. The molecule has 0 aliphatic rings. The van der Waals surface area contributed by atoms with Gasteiger partial charge < -0.3 is 10.8 Å². The Morgan fingerprint density at radius 2 is 2.06 bits per heavy atom. The number of aliphatic hydroxyl groups excluding tert-OH is 1. The summed E-state index contributed by atoms with van der Waals surface area (Å²) in [6, 6.07) is 4.34. The molecule has 0 aliphatic carbocycles. The average molecular weight is 313 g/mol. The first kappa shape index (κ1) is 15.8. The number of aliphatic hydroxyl groups is 1. The Labute approximate surface area is 110 Å². The minimum Gasteiger partial charge on any atom is -0.396 e. The Hall–Kier alpha value is -0.160. The lowest BCUT2D eigenvalue weighted by atomic mass is 9.82. The predicted molar refractivity (Wildman–Crippen MR) is 69.1 cm³/mol. The van der Waals surface area contributed by atoms with Crippen LogP contribution >= 0.6 is 28.3 Å². The molecule has 0 radical (unpaired) electrons. The van der Waals surface area contributed by atoms with Crippen LogP contribution in [0.3, 0.4) is 0 Å². The lowest BCUT2D eigenvalue weighted by Crippen LogP contribution is -2.32. The molecule has 92 valence electrons. The SMILES string of the molecule is CC(C)(CO)[C@H](N)c1ccc(F)c(Br)c1.Cl. The minimum atomic E-state index is -0.419. The molecule has 1 aromatic carbocycles. The first-order valence-electron chi connectivity index (χ1n) is 4.70. The Bertz CT molecular complexity index is 360. The maximum absolute atomic E-state index is 13.0. The van der Waals surface area contributed by atoms with Gasteiger partial charge in [-0.25, -0.2) is 4.39 Å². The van der Waals surface area contributed by atoms with Crippen molar-refractivity contribution in [2.24, 2.45) is 11.1 Å². The number of nitrogens with two attached hydrogens (primary N) is 1. The Morgan fingerprint density at radius 1 is 1.50 bits per heavy atom. The number of rotatable bonds is 3. The summed E-state index contributed by atoms with van der Waals surface area (Å²) in [5.41, 5.74) is 6.39. The molecular formula is C11H16BrClFNO. The Morgan fingerprint density at radius 3 is 2.50 bits per heavy atom. The molecule has 0 spiro atoms. The van der Waals surface area contributed by atoms with Crippen molar-refractivity contribution in [2.75, 3.05) is 6.61 Å². The third-order valence-electron chi connectivity index (χ3n) is 2.55. The van der Waals surface area contributed by atoms with E-state index in [1.807, 2.05) is 13.8 Å². The van der Waals surface area contributed by atoms with Gasteiger partial charge in [-0.2, -0.15) is 0 Å². The third-order valence-corrected chi connectivity index (χ3v) is 3.16. The maximum atomic E-state index is 13.0. The third kappa shape index (κ3) is 3.42. The molecule has 0 aliphatic heterocycles. The van der Waals surface area contributed by atoms with Gasteiger partial charge in [-0.3, -0.25) is 0 Å². The Kier molecular flexibility index (Phi) is 5.90. The molecule has 16 heavy (non-hydrogen) atoms. The number of halogens is 3. The molecule has 1 rings (SSSR count). The summed E-state index contributed by atoms with van der Waals surface area (Å²) < 4.78 is 13.4. The summed E-state index contributed by atoms with van der Waals surface area (Å²) in [6.07, 6.45) is 0. The van der Waals surface area contributed by atoms with Crippen LogP contribution in [0, 0.1) is 11.2 Å². The van der Waals surface area contributed by atoms with Gasteiger partial charge in [-0.15, -0.1) is 12.4 Å². The molecule has 3 N–H and O–H groups in total. The molecule has 0 saturated heterocycles. The second-order valence-electron chi connectivity index (χ2n) is 4.30. The van der Waals surface area contributed by atoms with Crippen molar-refractivity contribution < 1.29 is 9.50 Å². The lowest BCUT2D eigenvalue weighted by Gasteiger charge is -2.29. The molecule has 2 nitrogen and oxygen atoms in total. The fourth-order valence-corrected chi connectivity index (χ4v) is 1.65. The van der Waals surface area contributed by atoms with Crippen molar-refractivity contribution in [2.45, 2.75) is 19.9 Å². The average Bonchev–Trinajstić information content (AvgIpc) is 2.21. The topological polar surface area (TPSA) is 46.2 Å². The number of benzene rings is 1. The van der Waals surface area contributed by atoms with Gasteiger partial charge in [0.25, 0.3) is 0 Å². The van der Waals surface area contributed by atoms with E-state index in [-0.39, 0.29) is 30.9 Å². The van der Waals surface area contributed by atoms with Crippen molar-refractivity contribution in [1.29, 1.82) is 0 Å². The predicted octanol–water partition coefficient (Wildman–Crippen LogP) is 3.03. The van der Waals surface area contributed by atoms with Crippen LogP contribution in [-0.2, 0) is 0 Å². The second-order valence-corrected chi connectivity index (χ2v) is 5.15. The van der Waals surface area contributed by atoms with Gasteiger partial charge >= 0.3 is 0 Å². The number of hydrogen-bond donors (Lipinski definition) is 2.